The lowest BCUT2D eigenvalue weighted by Crippen LogP contribution is -2.24. The van der Waals surface area contributed by atoms with Crippen molar-refractivity contribution in [3.05, 3.63) is 60.2 Å². The van der Waals surface area contributed by atoms with Crippen molar-refractivity contribution in [2.45, 2.75) is 16.7 Å². The third-order valence-electron chi connectivity index (χ3n) is 3.31. The van der Waals surface area contributed by atoms with Crippen LogP contribution in [0, 0.1) is 0 Å². The van der Waals surface area contributed by atoms with Crippen LogP contribution in [0.25, 0.3) is 0 Å². The lowest BCUT2D eigenvalue weighted by molar-refractivity contribution is 0.470. The van der Waals surface area contributed by atoms with Crippen LogP contribution in [0.5, 0.6) is 0 Å². The fourth-order valence-corrected chi connectivity index (χ4v) is 3.78. The summed E-state index contributed by atoms with van der Waals surface area (Å²) < 4.78 is 12.5. The fraction of sp³-hybridized carbons (Fsp3) is 0.250. The Morgan fingerprint density at radius 2 is 1.74 bits per heavy atom. The molecule has 0 aromatic heterocycles. The molecule has 0 saturated heterocycles. The zero-order chi connectivity index (χ0) is 13.1. The zero-order valence-electron chi connectivity index (χ0n) is 10.6. The first-order valence-electron chi connectivity index (χ1n) is 6.53. The lowest BCUT2D eigenvalue weighted by Gasteiger charge is -2.26. The van der Waals surface area contributed by atoms with Crippen molar-refractivity contribution in [3.63, 3.8) is 0 Å². The quantitative estimate of drug-likeness (QED) is 0.796. The van der Waals surface area contributed by atoms with E-state index < -0.39 is 0 Å². The van der Waals surface area contributed by atoms with Gasteiger partial charge in [-0.25, -0.2) is 0 Å². The summed E-state index contributed by atoms with van der Waals surface area (Å²) in [6.07, 6.45) is 0.582. The van der Waals surface area contributed by atoms with E-state index in [1.807, 2.05) is 17.8 Å². The Labute approximate surface area is 117 Å². The average Bonchev–Trinajstić information content (AvgIpc) is 2.85. The van der Waals surface area contributed by atoms with Crippen LogP contribution in [0.1, 0.15) is 17.4 Å². The van der Waals surface area contributed by atoms with Crippen molar-refractivity contribution in [1.82, 2.24) is 0 Å². The highest BCUT2D eigenvalue weighted by molar-refractivity contribution is 8.00. The number of alkyl halides is 1. The SMILES string of the molecule is [18F]CCCN1c2ccccc2SC1c1ccccc1. The number of thioether (sulfide) groups is 1. The van der Waals surface area contributed by atoms with Crippen LogP contribution in [0.2, 0.25) is 0 Å². The van der Waals surface area contributed by atoms with Gasteiger partial charge in [0, 0.05) is 11.4 Å². The van der Waals surface area contributed by atoms with Gasteiger partial charge in [0.1, 0.15) is 5.37 Å². The maximum absolute atomic E-state index is 12.5. The molecule has 1 nitrogen and oxygen atoms in total. The molecule has 19 heavy (non-hydrogen) atoms. The molecule has 1 aliphatic heterocycles. The summed E-state index contributed by atoms with van der Waals surface area (Å²) in [6, 6.07) is 18.8. The maximum atomic E-state index is 12.5. The fourth-order valence-electron chi connectivity index (χ4n) is 2.44. The monoisotopic (exact) mass is 272 g/mol. The number of benzene rings is 2. The molecule has 0 amide bonds. The maximum Gasteiger partial charge on any atom is 0.105 e. The van der Waals surface area contributed by atoms with Gasteiger partial charge in [0.25, 0.3) is 0 Å². The summed E-state index contributed by atoms with van der Waals surface area (Å²) in [5.41, 5.74) is 2.51. The molecular weight excluding hydrogens is 256 g/mol. The molecule has 2 aromatic rings. The smallest absolute Gasteiger partial charge is 0.105 e. The van der Waals surface area contributed by atoms with Gasteiger partial charge in [0.15, 0.2) is 0 Å². The molecule has 0 aliphatic carbocycles. The van der Waals surface area contributed by atoms with Crippen LogP contribution in [-0.4, -0.2) is 13.2 Å². The summed E-state index contributed by atoms with van der Waals surface area (Å²) in [5, 5.41) is 0.269. The van der Waals surface area contributed by atoms with E-state index in [1.165, 1.54) is 16.1 Å². The first kappa shape index (κ1) is 12.5. The van der Waals surface area contributed by atoms with E-state index in [0.29, 0.717) is 6.42 Å². The van der Waals surface area contributed by atoms with Crippen LogP contribution in [-0.2, 0) is 0 Å². The van der Waals surface area contributed by atoms with Gasteiger partial charge < -0.3 is 4.90 Å². The van der Waals surface area contributed by atoms with E-state index in [0.717, 1.165) is 6.54 Å². The molecule has 98 valence electrons. The molecule has 1 atom stereocenters. The van der Waals surface area contributed by atoms with E-state index in [-0.39, 0.29) is 12.0 Å². The number of halogens is 1. The molecule has 0 radical (unpaired) electrons. The van der Waals surface area contributed by atoms with Gasteiger partial charge in [-0.05, 0) is 24.1 Å². The number of rotatable bonds is 4. The Bertz CT molecular complexity index is 543. The first-order valence-corrected chi connectivity index (χ1v) is 7.41. The minimum atomic E-state index is -0.259. The molecule has 1 aliphatic rings. The van der Waals surface area contributed by atoms with E-state index in [9.17, 15) is 4.39 Å². The predicted molar refractivity (Wildman–Crippen MR) is 79.4 cm³/mol. The molecule has 0 fully saturated rings. The van der Waals surface area contributed by atoms with Crippen LogP contribution in [0.3, 0.4) is 0 Å². The highest BCUT2D eigenvalue weighted by Crippen LogP contribution is 2.50. The van der Waals surface area contributed by atoms with Crippen molar-refractivity contribution in [3.8, 4) is 0 Å². The molecule has 0 bridgehead atoms. The molecular formula is C16H16FNS. The summed E-state index contributed by atoms with van der Waals surface area (Å²) in [6.45, 7) is 0.505. The Morgan fingerprint density at radius 3 is 2.53 bits per heavy atom. The number of hydrogen-bond donors (Lipinski definition) is 0. The largest absolute Gasteiger partial charge is 0.354 e. The summed E-state index contributed by atoms with van der Waals surface area (Å²) in [5.74, 6) is 0. The number of anilines is 1. The van der Waals surface area contributed by atoms with Gasteiger partial charge in [0.05, 0.1) is 12.4 Å². The Morgan fingerprint density at radius 1 is 1.00 bits per heavy atom. The minimum Gasteiger partial charge on any atom is -0.354 e. The number of hydrogen-bond acceptors (Lipinski definition) is 2. The first-order chi connectivity index (χ1) is 9.40. The molecule has 0 spiro atoms. The lowest BCUT2D eigenvalue weighted by atomic mass is 10.2. The van der Waals surface area contributed by atoms with Crippen molar-refractivity contribution in [1.29, 1.82) is 0 Å². The minimum absolute atomic E-state index is 0.259. The van der Waals surface area contributed by atoms with Crippen LogP contribution in [0.15, 0.2) is 59.5 Å². The van der Waals surface area contributed by atoms with Gasteiger partial charge in [-0.15, -0.1) is 0 Å². The third-order valence-corrected chi connectivity index (χ3v) is 4.66. The standard InChI is InChI=1S/C16H16FNS/c17-11-6-12-18-14-9-4-5-10-15(14)19-16(18)13-7-2-1-3-8-13/h1-5,7-10,16H,6,11-12H2/i17-1. The summed E-state index contributed by atoms with van der Waals surface area (Å²) >= 11 is 1.85. The molecule has 0 saturated carbocycles. The summed E-state index contributed by atoms with van der Waals surface area (Å²) in [4.78, 5) is 3.60. The Balaban J connectivity index is 1.93. The Kier molecular flexibility index (Phi) is 3.74. The van der Waals surface area contributed by atoms with Gasteiger partial charge in [-0.2, -0.15) is 0 Å². The normalized spacial score (nSPS) is 17.5. The van der Waals surface area contributed by atoms with Crippen molar-refractivity contribution in [2.24, 2.45) is 0 Å². The average molecular weight is 272 g/mol. The van der Waals surface area contributed by atoms with Crippen molar-refractivity contribution >= 4 is 17.4 Å². The van der Waals surface area contributed by atoms with Crippen LogP contribution < -0.4 is 4.90 Å². The van der Waals surface area contributed by atoms with Gasteiger partial charge in [0.2, 0.25) is 0 Å². The molecule has 3 heteroatoms. The molecule has 3 rings (SSSR count). The second-order valence-corrected chi connectivity index (χ2v) is 5.71. The van der Waals surface area contributed by atoms with E-state index >= 15 is 0 Å². The van der Waals surface area contributed by atoms with Gasteiger partial charge >= 0.3 is 0 Å². The van der Waals surface area contributed by atoms with Crippen molar-refractivity contribution in [2.75, 3.05) is 18.1 Å². The van der Waals surface area contributed by atoms with E-state index in [4.69, 9.17) is 0 Å². The van der Waals surface area contributed by atoms with Crippen LogP contribution in [0.4, 0.5) is 10.1 Å². The molecule has 0 N–H and O–H groups in total. The highest BCUT2D eigenvalue weighted by Gasteiger charge is 2.30. The van der Waals surface area contributed by atoms with Crippen molar-refractivity contribution < 1.29 is 4.39 Å². The second-order valence-electron chi connectivity index (χ2n) is 4.58. The van der Waals surface area contributed by atoms with Gasteiger partial charge in [-0.1, -0.05) is 54.2 Å². The third kappa shape index (κ3) is 2.47. The predicted octanol–water partition coefficient (Wildman–Crippen LogP) is 4.66. The van der Waals surface area contributed by atoms with Crippen LogP contribution >= 0.6 is 11.8 Å². The molecule has 1 unspecified atom stereocenters. The summed E-state index contributed by atoms with van der Waals surface area (Å²) in [7, 11) is 0. The van der Waals surface area contributed by atoms with E-state index in [1.54, 1.807) is 0 Å². The molecule has 2 aromatic carbocycles. The topological polar surface area (TPSA) is 3.24 Å². The zero-order valence-corrected chi connectivity index (χ0v) is 11.4. The van der Waals surface area contributed by atoms with E-state index in [2.05, 4.69) is 53.4 Å². The van der Waals surface area contributed by atoms with Gasteiger partial charge in [-0.3, -0.25) is 4.39 Å². The number of fused-ring (bicyclic) bond motifs is 1. The number of nitrogens with zero attached hydrogens (tertiary/aromatic N) is 1. The Hall–Kier alpha value is -1.48. The number of para-hydroxylation sites is 1. The second kappa shape index (κ2) is 5.66. The molecule has 1 heterocycles. The highest BCUT2D eigenvalue weighted by atomic mass is 32.2.